The van der Waals surface area contributed by atoms with Gasteiger partial charge >= 0.3 is 5.69 Å². The summed E-state index contributed by atoms with van der Waals surface area (Å²) in [7, 11) is 0. The first-order valence-electron chi connectivity index (χ1n) is 9.23. The van der Waals surface area contributed by atoms with Gasteiger partial charge in [-0.3, -0.25) is 10.1 Å². The molecule has 1 aliphatic carbocycles. The monoisotopic (exact) mass is 381 g/mol. The van der Waals surface area contributed by atoms with E-state index < -0.39 is 41.4 Å². The number of nitro groups is 1. The van der Waals surface area contributed by atoms with Crippen LogP contribution in [0.5, 0.6) is 5.75 Å². The van der Waals surface area contributed by atoms with Gasteiger partial charge in [0.2, 0.25) is 6.29 Å². The van der Waals surface area contributed by atoms with E-state index in [0.29, 0.717) is 0 Å². The maximum absolute atomic E-state index is 11.1. The highest BCUT2D eigenvalue weighted by molar-refractivity contribution is 5.45. The Morgan fingerprint density at radius 1 is 1.15 bits per heavy atom. The fourth-order valence-electron chi connectivity index (χ4n) is 3.98. The minimum absolute atomic E-state index is 0.0430. The van der Waals surface area contributed by atoms with Crippen molar-refractivity contribution in [3.63, 3.8) is 0 Å². The van der Waals surface area contributed by atoms with Gasteiger partial charge in [-0.05, 0) is 18.9 Å². The van der Waals surface area contributed by atoms with Gasteiger partial charge in [-0.1, -0.05) is 18.6 Å². The third-order valence-electron chi connectivity index (χ3n) is 5.42. The Bertz CT molecular complexity index is 690. The molecule has 9 nitrogen and oxygen atoms in total. The van der Waals surface area contributed by atoms with Gasteiger partial charge in [0.15, 0.2) is 11.5 Å². The second kappa shape index (κ2) is 7.33. The highest BCUT2D eigenvalue weighted by atomic mass is 16.8. The lowest BCUT2D eigenvalue weighted by Gasteiger charge is -2.51. The summed E-state index contributed by atoms with van der Waals surface area (Å²) in [4.78, 5) is 10.6. The predicted molar refractivity (Wildman–Crippen MR) is 91.0 cm³/mol. The summed E-state index contributed by atoms with van der Waals surface area (Å²) in [6.45, 7) is 0.200. The normalized spacial score (nSPS) is 35.4. The Balaban J connectivity index is 1.49. The van der Waals surface area contributed by atoms with E-state index in [4.69, 9.17) is 18.9 Å². The van der Waals surface area contributed by atoms with Gasteiger partial charge in [-0.15, -0.1) is 0 Å². The molecule has 1 spiro atoms. The summed E-state index contributed by atoms with van der Waals surface area (Å²) in [5.74, 6) is -0.770. The molecule has 0 unspecified atom stereocenters. The van der Waals surface area contributed by atoms with E-state index in [-0.39, 0.29) is 18.0 Å². The van der Waals surface area contributed by atoms with E-state index in [0.717, 1.165) is 32.1 Å². The zero-order valence-electron chi connectivity index (χ0n) is 14.7. The summed E-state index contributed by atoms with van der Waals surface area (Å²) in [6, 6.07) is 5.80. The summed E-state index contributed by atoms with van der Waals surface area (Å²) in [6.07, 6.45) is -0.721. The SMILES string of the molecule is O=[N+]([O-])c1ccccc1O[C@@H]1O[C@@H]2COC3(CCCCC3)O[C@H]2[C@H](O)[C@@H]1O. The molecule has 27 heavy (non-hydrogen) atoms. The Kier molecular flexibility index (Phi) is 5.04. The molecule has 0 bridgehead atoms. The zero-order chi connectivity index (χ0) is 19.0. The molecule has 3 fully saturated rings. The number of aliphatic hydroxyl groups is 2. The molecule has 1 aromatic carbocycles. The fraction of sp³-hybridized carbons (Fsp3) is 0.667. The first-order chi connectivity index (χ1) is 13.0. The largest absolute Gasteiger partial charge is 0.455 e. The number of hydrogen-bond donors (Lipinski definition) is 2. The summed E-state index contributed by atoms with van der Waals surface area (Å²) < 4.78 is 23.2. The molecule has 148 valence electrons. The van der Waals surface area contributed by atoms with Crippen molar-refractivity contribution in [2.75, 3.05) is 6.61 Å². The van der Waals surface area contributed by atoms with E-state index in [1.165, 1.54) is 18.2 Å². The van der Waals surface area contributed by atoms with Crippen LogP contribution in [0.15, 0.2) is 24.3 Å². The standard InChI is InChI=1S/C18H23NO8/c20-14-15(21)17(25-12-7-3-2-6-11(12)19(22)23)26-13-10-24-18(27-16(13)14)8-4-1-5-9-18/h2-3,6-7,13-17,20-21H,1,4-5,8-10H2/t13-,14-,15+,16-,17-/m1/s1. The Morgan fingerprint density at radius 2 is 1.89 bits per heavy atom. The lowest BCUT2D eigenvalue weighted by atomic mass is 9.90. The van der Waals surface area contributed by atoms with Crippen molar-refractivity contribution >= 4 is 5.69 Å². The summed E-state index contributed by atoms with van der Waals surface area (Å²) in [5.41, 5.74) is -0.248. The van der Waals surface area contributed by atoms with Gasteiger partial charge in [-0.25, -0.2) is 0 Å². The van der Waals surface area contributed by atoms with Gasteiger partial charge in [0, 0.05) is 18.9 Å². The molecule has 5 atom stereocenters. The number of nitro benzene ring substituents is 1. The minimum Gasteiger partial charge on any atom is -0.455 e. The Labute approximate surface area is 155 Å². The second-order valence-electron chi connectivity index (χ2n) is 7.23. The fourth-order valence-corrected chi connectivity index (χ4v) is 3.98. The van der Waals surface area contributed by atoms with Crippen LogP contribution in [0.2, 0.25) is 0 Å². The Hall–Kier alpha value is -1.78. The molecule has 0 amide bonds. The number of ether oxygens (including phenoxy) is 4. The van der Waals surface area contributed by atoms with Crippen molar-refractivity contribution in [2.24, 2.45) is 0 Å². The van der Waals surface area contributed by atoms with Crippen molar-refractivity contribution in [1.82, 2.24) is 0 Å². The van der Waals surface area contributed by atoms with Crippen LogP contribution in [0, 0.1) is 10.1 Å². The lowest BCUT2D eigenvalue weighted by molar-refractivity contribution is -0.394. The van der Waals surface area contributed by atoms with Crippen LogP contribution in [0.4, 0.5) is 5.69 Å². The first-order valence-corrected chi connectivity index (χ1v) is 9.23. The van der Waals surface area contributed by atoms with Crippen molar-refractivity contribution in [2.45, 2.75) is 68.6 Å². The number of rotatable bonds is 3. The number of fused-ring (bicyclic) bond motifs is 1. The average Bonchev–Trinajstić information content (AvgIpc) is 2.67. The maximum Gasteiger partial charge on any atom is 0.311 e. The van der Waals surface area contributed by atoms with Gasteiger partial charge in [0.1, 0.15) is 24.4 Å². The molecule has 0 radical (unpaired) electrons. The maximum atomic E-state index is 11.1. The highest BCUT2D eigenvalue weighted by Gasteiger charge is 2.53. The van der Waals surface area contributed by atoms with Crippen LogP contribution in [0.1, 0.15) is 32.1 Å². The molecule has 4 rings (SSSR count). The second-order valence-corrected chi connectivity index (χ2v) is 7.23. The van der Waals surface area contributed by atoms with E-state index in [1.54, 1.807) is 6.07 Å². The smallest absolute Gasteiger partial charge is 0.311 e. The van der Waals surface area contributed by atoms with Gasteiger partial charge in [0.05, 0.1) is 11.5 Å². The zero-order valence-corrected chi connectivity index (χ0v) is 14.7. The number of hydrogen-bond acceptors (Lipinski definition) is 8. The Morgan fingerprint density at radius 3 is 2.63 bits per heavy atom. The molecule has 1 aromatic rings. The van der Waals surface area contributed by atoms with E-state index in [9.17, 15) is 20.3 Å². The minimum atomic E-state index is -1.41. The van der Waals surface area contributed by atoms with Crippen molar-refractivity contribution in [1.29, 1.82) is 0 Å². The van der Waals surface area contributed by atoms with Crippen LogP contribution in [0.25, 0.3) is 0 Å². The predicted octanol–water partition coefficient (Wildman–Crippen LogP) is 1.50. The molecule has 2 aliphatic heterocycles. The molecule has 0 aromatic heterocycles. The lowest BCUT2D eigenvalue weighted by Crippen LogP contribution is -2.66. The van der Waals surface area contributed by atoms with Crippen molar-refractivity contribution < 1.29 is 34.1 Å². The highest BCUT2D eigenvalue weighted by Crippen LogP contribution is 2.41. The molecule has 2 N–H and O–H groups in total. The first kappa shape index (κ1) is 18.6. The van der Waals surface area contributed by atoms with Crippen molar-refractivity contribution in [3.05, 3.63) is 34.4 Å². The van der Waals surface area contributed by atoms with Crippen LogP contribution in [0.3, 0.4) is 0 Å². The number of benzene rings is 1. The molecule has 1 saturated carbocycles. The summed E-state index contributed by atoms with van der Waals surface area (Å²) in [5, 5.41) is 32.2. The van der Waals surface area contributed by atoms with Crippen LogP contribution in [-0.4, -0.2) is 58.2 Å². The van der Waals surface area contributed by atoms with Gasteiger partial charge in [0.25, 0.3) is 0 Å². The van der Waals surface area contributed by atoms with Gasteiger partial charge in [-0.2, -0.15) is 0 Å². The number of aliphatic hydroxyl groups excluding tert-OH is 2. The molecule has 3 aliphatic rings. The molecule has 9 heteroatoms. The molecule has 2 heterocycles. The topological polar surface area (TPSA) is 121 Å². The quantitative estimate of drug-likeness (QED) is 0.597. The van der Waals surface area contributed by atoms with Crippen molar-refractivity contribution in [3.8, 4) is 5.75 Å². The number of nitrogens with zero attached hydrogens (tertiary/aromatic N) is 1. The van der Waals surface area contributed by atoms with Crippen LogP contribution < -0.4 is 4.74 Å². The third-order valence-corrected chi connectivity index (χ3v) is 5.42. The van der Waals surface area contributed by atoms with Gasteiger partial charge < -0.3 is 29.2 Å². The number of para-hydroxylation sites is 2. The van der Waals surface area contributed by atoms with Crippen LogP contribution >= 0.6 is 0 Å². The van der Waals surface area contributed by atoms with E-state index in [1.807, 2.05) is 0 Å². The van der Waals surface area contributed by atoms with Crippen LogP contribution in [-0.2, 0) is 14.2 Å². The van der Waals surface area contributed by atoms with E-state index >= 15 is 0 Å². The summed E-state index contributed by atoms with van der Waals surface area (Å²) >= 11 is 0. The third kappa shape index (κ3) is 3.53. The average molecular weight is 381 g/mol. The molecule has 2 saturated heterocycles. The molecular formula is C18H23NO8. The molecular weight excluding hydrogens is 358 g/mol. The van der Waals surface area contributed by atoms with E-state index in [2.05, 4.69) is 0 Å².